The maximum Gasteiger partial charge on any atom is 0.164 e. The molecule has 0 unspecified atom stereocenters. The lowest BCUT2D eigenvalue weighted by molar-refractivity contribution is 0.0987. The Balaban J connectivity index is 1.94. The van der Waals surface area contributed by atoms with E-state index >= 15 is 0 Å². The smallest absolute Gasteiger partial charge is 0.164 e. The molecule has 1 aliphatic rings. The number of para-hydroxylation sites is 1. The molecule has 0 atom stereocenters. The Morgan fingerprint density at radius 1 is 1.11 bits per heavy atom. The van der Waals surface area contributed by atoms with Gasteiger partial charge in [-0.3, -0.25) is 4.79 Å². The molecule has 0 radical (unpaired) electrons. The lowest BCUT2D eigenvalue weighted by Crippen LogP contribution is -2.26. The summed E-state index contributed by atoms with van der Waals surface area (Å²) in [5.41, 5.74) is 6.32. The first-order valence-corrected chi connectivity index (χ1v) is 10.0. The normalized spacial score (nSPS) is 15.0. The van der Waals surface area contributed by atoms with E-state index in [0.717, 1.165) is 47.0 Å². The molecule has 3 heteroatoms. The van der Waals surface area contributed by atoms with Gasteiger partial charge in [-0.15, -0.1) is 0 Å². The molecule has 0 N–H and O–H groups in total. The predicted octanol–water partition coefficient (Wildman–Crippen LogP) is 6.11. The van der Waals surface area contributed by atoms with Gasteiger partial charge in [0.1, 0.15) is 5.75 Å². The van der Waals surface area contributed by atoms with Crippen LogP contribution in [-0.2, 0) is 5.41 Å². The third-order valence-electron chi connectivity index (χ3n) is 5.87. The number of ketones is 1. The zero-order valence-corrected chi connectivity index (χ0v) is 17.1. The first-order chi connectivity index (χ1) is 13.4. The number of ether oxygens (including phenoxy) is 1. The Morgan fingerprint density at radius 2 is 1.86 bits per heavy atom. The molecule has 0 aliphatic carbocycles. The Kier molecular flexibility index (Phi) is 4.62. The molecule has 3 aromatic rings. The number of benzene rings is 2. The summed E-state index contributed by atoms with van der Waals surface area (Å²) in [6.07, 6.45) is 1.51. The van der Waals surface area contributed by atoms with E-state index in [1.165, 1.54) is 5.56 Å². The van der Waals surface area contributed by atoms with Crippen LogP contribution in [0.15, 0.2) is 54.6 Å². The van der Waals surface area contributed by atoms with Crippen LogP contribution in [-0.4, -0.2) is 17.0 Å². The average Bonchev–Trinajstić information content (AvgIpc) is 3.05. The van der Waals surface area contributed by atoms with E-state index in [0.29, 0.717) is 6.42 Å². The van der Waals surface area contributed by atoms with Gasteiger partial charge in [-0.25, -0.2) is 0 Å². The van der Waals surface area contributed by atoms with Crippen LogP contribution in [0.3, 0.4) is 0 Å². The second-order valence-electron chi connectivity index (χ2n) is 8.17. The van der Waals surface area contributed by atoms with E-state index in [1.807, 2.05) is 38.1 Å². The van der Waals surface area contributed by atoms with Crippen LogP contribution in [0.2, 0.25) is 0 Å². The predicted molar refractivity (Wildman–Crippen MR) is 114 cm³/mol. The highest BCUT2D eigenvalue weighted by molar-refractivity contribution is 5.98. The van der Waals surface area contributed by atoms with Crippen molar-refractivity contribution in [2.24, 2.45) is 0 Å². The van der Waals surface area contributed by atoms with Gasteiger partial charge in [0, 0.05) is 28.9 Å². The van der Waals surface area contributed by atoms with Gasteiger partial charge in [-0.2, -0.15) is 0 Å². The molecule has 0 bridgehead atoms. The summed E-state index contributed by atoms with van der Waals surface area (Å²) in [4.78, 5) is 12.6. The first-order valence-electron chi connectivity index (χ1n) is 10.0. The number of aromatic nitrogens is 1. The van der Waals surface area contributed by atoms with Crippen molar-refractivity contribution in [1.29, 1.82) is 0 Å². The van der Waals surface area contributed by atoms with Crippen molar-refractivity contribution in [2.45, 2.75) is 46.0 Å². The number of rotatable bonds is 4. The Labute approximate surface area is 167 Å². The summed E-state index contributed by atoms with van der Waals surface area (Å²) >= 11 is 0. The molecule has 1 aromatic heterocycles. The van der Waals surface area contributed by atoms with Gasteiger partial charge in [0.05, 0.1) is 12.3 Å². The number of hydrogen-bond donors (Lipinski definition) is 0. The van der Waals surface area contributed by atoms with Crippen LogP contribution in [0.5, 0.6) is 5.75 Å². The van der Waals surface area contributed by atoms with Crippen molar-refractivity contribution in [3.05, 3.63) is 71.4 Å². The molecule has 0 saturated carbocycles. The molecule has 2 aromatic carbocycles. The fourth-order valence-corrected chi connectivity index (χ4v) is 4.10. The molecule has 28 heavy (non-hydrogen) atoms. The Bertz CT molecular complexity index is 1030. The first kappa shape index (κ1) is 18.5. The maximum atomic E-state index is 12.6. The lowest BCUT2D eigenvalue weighted by Gasteiger charge is -2.32. The monoisotopic (exact) mass is 373 g/mol. The van der Waals surface area contributed by atoms with Gasteiger partial charge in [-0.05, 0) is 60.7 Å². The minimum Gasteiger partial charge on any atom is -0.493 e. The largest absolute Gasteiger partial charge is 0.493 e. The highest BCUT2D eigenvalue weighted by atomic mass is 16.5. The van der Waals surface area contributed by atoms with Gasteiger partial charge < -0.3 is 9.30 Å². The molecular formula is C25H27NO2. The average molecular weight is 373 g/mol. The van der Waals surface area contributed by atoms with Crippen molar-refractivity contribution in [2.75, 3.05) is 6.61 Å². The minimum atomic E-state index is 0.0743. The summed E-state index contributed by atoms with van der Waals surface area (Å²) in [6.45, 7) is 9.25. The molecule has 0 fully saturated rings. The molecule has 4 rings (SSSR count). The second kappa shape index (κ2) is 6.97. The molecular weight excluding hydrogens is 346 g/mol. The van der Waals surface area contributed by atoms with Crippen molar-refractivity contribution in [3.63, 3.8) is 0 Å². The minimum absolute atomic E-state index is 0.0743. The van der Waals surface area contributed by atoms with Crippen LogP contribution in [0, 0.1) is 6.92 Å². The Hall–Kier alpha value is -2.81. The highest BCUT2D eigenvalue weighted by Crippen LogP contribution is 2.41. The summed E-state index contributed by atoms with van der Waals surface area (Å²) < 4.78 is 8.08. The van der Waals surface area contributed by atoms with E-state index < -0.39 is 0 Å². The Morgan fingerprint density at radius 3 is 2.57 bits per heavy atom. The topological polar surface area (TPSA) is 31.2 Å². The highest BCUT2D eigenvalue weighted by Gasteiger charge is 2.29. The zero-order chi connectivity index (χ0) is 19.9. The van der Waals surface area contributed by atoms with Crippen molar-refractivity contribution < 1.29 is 9.53 Å². The zero-order valence-electron chi connectivity index (χ0n) is 17.1. The number of nitrogens with zero attached hydrogens (tertiary/aromatic N) is 1. The fraction of sp³-hybridized carbons (Fsp3) is 0.320. The van der Waals surface area contributed by atoms with Crippen molar-refractivity contribution in [1.82, 2.24) is 4.57 Å². The summed E-state index contributed by atoms with van der Waals surface area (Å²) in [5.74, 6) is 1.15. The standard InChI is InChI=1S/C25H27NO2/c1-5-23(27)20-16-22(26(17(20)2)19-9-7-6-8-10-19)18-11-12-24-21(15-18)25(3,4)13-14-28-24/h6-12,15-16H,5,13-14H2,1-4H3. The van der Waals surface area contributed by atoms with Gasteiger partial charge in [0.2, 0.25) is 0 Å². The third kappa shape index (κ3) is 3.05. The van der Waals surface area contributed by atoms with Crippen LogP contribution in [0.1, 0.15) is 55.2 Å². The van der Waals surface area contributed by atoms with Gasteiger partial charge in [0.25, 0.3) is 0 Å². The molecule has 2 heterocycles. The third-order valence-corrected chi connectivity index (χ3v) is 5.87. The van der Waals surface area contributed by atoms with Crippen LogP contribution < -0.4 is 4.74 Å². The molecule has 0 saturated heterocycles. The number of hydrogen-bond acceptors (Lipinski definition) is 2. The van der Waals surface area contributed by atoms with Crippen LogP contribution in [0.4, 0.5) is 0 Å². The summed E-state index contributed by atoms with van der Waals surface area (Å²) in [6, 6.07) is 18.7. The van der Waals surface area contributed by atoms with E-state index in [9.17, 15) is 4.79 Å². The van der Waals surface area contributed by atoms with Gasteiger partial charge in [-0.1, -0.05) is 39.0 Å². The van der Waals surface area contributed by atoms with Crippen LogP contribution in [0.25, 0.3) is 16.9 Å². The molecule has 3 nitrogen and oxygen atoms in total. The summed E-state index contributed by atoms with van der Waals surface area (Å²) in [7, 11) is 0. The fourth-order valence-electron chi connectivity index (χ4n) is 4.10. The second-order valence-corrected chi connectivity index (χ2v) is 8.17. The van der Waals surface area contributed by atoms with E-state index in [1.54, 1.807) is 0 Å². The van der Waals surface area contributed by atoms with E-state index in [4.69, 9.17) is 4.74 Å². The number of Topliss-reactive ketones (excluding diaryl/α,β-unsaturated/α-hetero) is 1. The maximum absolute atomic E-state index is 12.6. The van der Waals surface area contributed by atoms with E-state index in [-0.39, 0.29) is 11.2 Å². The van der Waals surface area contributed by atoms with Crippen molar-refractivity contribution >= 4 is 5.78 Å². The van der Waals surface area contributed by atoms with Crippen molar-refractivity contribution in [3.8, 4) is 22.7 Å². The SMILES string of the molecule is CCC(=O)c1cc(-c2ccc3c(c2)C(C)(C)CCO3)n(-c2ccccc2)c1C. The number of fused-ring (bicyclic) bond motifs is 1. The number of carbonyl (C=O) groups is 1. The quantitative estimate of drug-likeness (QED) is 0.517. The van der Waals surface area contributed by atoms with Gasteiger partial charge in [0.15, 0.2) is 5.78 Å². The lowest BCUT2D eigenvalue weighted by atomic mass is 9.79. The molecule has 0 amide bonds. The van der Waals surface area contributed by atoms with Crippen LogP contribution >= 0.6 is 0 Å². The molecule has 1 aliphatic heterocycles. The van der Waals surface area contributed by atoms with Gasteiger partial charge >= 0.3 is 0 Å². The van der Waals surface area contributed by atoms with E-state index in [2.05, 4.69) is 48.7 Å². The summed E-state index contributed by atoms with van der Waals surface area (Å²) in [5, 5.41) is 0. The molecule has 0 spiro atoms. The number of carbonyl (C=O) groups excluding carboxylic acids is 1. The molecule has 144 valence electrons.